The topological polar surface area (TPSA) is 95.0 Å². The molecule has 12 heteroatoms. The first-order valence-corrected chi connectivity index (χ1v) is 14.7. The molecule has 0 spiro atoms. The minimum Gasteiger partial charge on any atom is -0.396 e. The van der Waals surface area contributed by atoms with Crippen molar-refractivity contribution in [1.82, 2.24) is 15.1 Å². The molecule has 3 N–H and O–H groups in total. The van der Waals surface area contributed by atoms with Crippen molar-refractivity contribution in [3.05, 3.63) is 35.4 Å². The lowest BCUT2D eigenvalue weighted by molar-refractivity contribution is -0.161. The van der Waals surface area contributed by atoms with E-state index in [2.05, 4.69) is 22.7 Å². The first-order chi connectivity index (χ1) is 18.7. The standard InChI is InChI=1S/C27H34F2N6O3S/c1-5-8-39-25-31-23(30-18-10-14(18)13-6-7-16(28)17(29)9-13)19-24(32-25)35(34(4)33-19)20-15-11-27(15,12-36)22-21(20)37-26(2,3)38-22/h6-7,9,14-15,18,20-22,33,36H,5,8,10-12H2,1-4H3,(H,30,31,32)/t14-,15+,18+,20+,21-,22-,27-/m0/s1. The van der Waals surface area contributed by atoms with Gasteiger partial charge in [0.2, 0.25) is 0 Å². The maximum absolute atomic E-state index is 13.9. The van der Waals surface area contributed by atoms with Gasteiger partial charge in [-0.25, -0.2) is 18.7 Å². The van der Waals surface area contributed by atoms with E-state index < -0.39 is 17.4 Å². The van der Waals surface area contributed by atoms with Crippen LogP contribution in [0.5, 0.6) is 0 Å². The van der Waals surface area contributed by atoms with Gasteiger partial charge in [-0.05, 0) is 56.7 Å². The van der Waals surface area contributed by atoms with Crippen molar-refractivity contribution in [2.75, 3.05) is 35.2 Å². The highest BCUT2D eigenvalue weighted by Crippen LogP contribution is 2.69. The average molecular weight is 561 g/mol. The van der Waals surface area contributed by atoms with E-state index >= 15 is 0 Å². The van der Waals surface area contributed by atoms with E-state index in [0.29, 0.717) is 11.0 Å². The molecule has 4 fully saturated rings. The Morgan fingerprint density at radius 3 is 2.79 bits per heavy atom. The smallest absolute Gasteiger partial charge is 0.191 e. The summed E-state index contributed by atoms with van der Waals surface area (Å²) in [5, 5.41) is 18.7. The molecule has 0 bridgehead atoms. The second-order valence-electron chi connectivity index (χ2n) is 11.9. The Kier molecular flexibility index (Phi) is 5.85. The van der Waals surface area contributed by atoms with E-state index in [4.69, 9.17) is 19.4 Å². The zero-order valence-electron chi connectivity index (χ0n) is 22.4. The molecule has 1 aromatic heterocycles. The normalized spacial score (nSPS) is 35.4. The summed E-state index contributed by atoms with van der Waals surface area (Å²) < 4.78 is 40.1. The molecule has 1 saturated heterocycles. The Morgan fingerprint density at radius 2 is 2.05 bits per heavy atom. The molecule has 0 unspecified atom stereocenters. The van der Waals surface area contributed by atoms with Crippen LogP contribution in [0.2, 0.25) is 0 Å². The first-order valence-electron chi connectivity index (χ1n) is 13.7. The van der Waals surface area contributed by atoms with E-state index in [1.165, 1.54) is 12.1 Å². The highest BCUT2D eigenvalue weighted by Gasteiger charge is 2.77. The van der Waals surface area contributed by atoms with Crippen LogP contribution in [0.15, 0.2) is 23.4 Å². The van der Waals surface area contributed by atoms with Crippen LogP contribution in [0, 0.1) is 23.0 Å². The van der Waals surface area contributed by atoms with Crippen LogP contribution >= 0.6 is 11.8 Å². The number of anilines is 3. The fourth-order valence-electron chi connectivity index (χ4n) is 6.83. The molecule has 5 aliphatic rings. The Bertz CT molecular complexity index is 1320. The van der Waals surface area contributed by atoms with Gasteiger partial charge in [0.25, 0.3) is 0 Å². The molecular formula is C27H34F2N6O3S. The molecule has 3 heterocycles. The van der Waals surface area contributed by atoms with Gasteiger partial charge in [0.05, 0.1) is 18.8 Å². The molecule has 210 valence electrons. The number of aliphatic hydroxyl groups excluding tert-OH is 1. The van der Waals surface area contributed by atoms with Gasteiger partial charge in [-0.15, -0.1) is 5.12 Å². The minimum atomic E-state index is -0.836. The van der Waals surface area contributed by atoms with Gasteiger partial charge in [0, 0.05) is 30.2 Å². The SMILES string of the molecule is CCCSc1nc(N[C@@H]2C[C@H]2c2ccc(F)c(F)c2)c2c(n1)N([C@H]1[C@@H]3OC(C)(C)O[C@@H]3[C@]3(CO)C[C@H]13)N(C)N2. The molecule has 3 aliphatic carbocycles. The van der Waals surface area contributed by atoms with Gasteiger partial charge in [0.1, 0.15) is 11.8 Å². The summed E-state index contributed by atoms with van der Waals surface area (Å²) >= 11 is 1.61. The second-order valence-corrected chi connectivity index (χ2v) is 12.9. The van der Waals surface area contributed by atoms with Crippen LogP contribution < -0.4 is 15.8 Å². The minimum absolute atomic E-state index is 0.0488. The fraction of sp³-hybridized carbons (Fsp3) is 0.630. The van der Waals surface area contributed by atoms with Crippen molar-refractivity contribution in [2.24, 2.45) is 11.3 Å². The van der Waals surface area contributed by atoms with Gasteiger partial charge >= 0.3 is 0 Å². The second kappa shape index (κ2) is 8.87. The highest BCUT2D eigenvalue weighted by molar-refractivity contribution is 7.99. The lowest BCUT2D eigenvalue weighted by Gasteiger charge is -2.35. The largest absolute Gasteiger partial charge is 0.396 e. The molecule has 0 radical (unpaired) electrons. The lowest BCUT2D eigenvalue weighted by Crippen LogP contribution is -2.52. The van der Waals surface area contributed by atoms with Crippen LogP contribution in [-0.4, -0.2) is 69.7 Å². The van der Waals surface area contributed by atoms with Crippen LogP contribution in [0.3, 0.4) is 0 Å². The number of halogens is 2. The summed E-state index contributed by atoms with van der Waals surface area (Å²) in [5.74, 6) is 0.235. The number of rotatable bonds is 8. The molecule has 0 amide bonds. The van der Waals surface area contributed by atoms with E-state index in [1.807, 2.05) is 26.0 Å². The number of nitrogens with one attached hydrogen (secondary N) is 2. The molecule has 39 heavy (non-hydrogen) atoms. The number of hydrogen-bond donors (Lipinski definition) is 3. The number of nitrogens with zero attached hydrogens (tertiary/aromatic N) is 4. The van der Waals surface area contributed by atoms with Crippen LogP contribution in [0.4, 0.5) is 26.1 Å². The molecule has 7 atom stereocenters. The van der Waals surface area contributed by atoms with E-state index in [9.17, 15) is 13.9 Å². The van der Waals surface area contributed by atoms with Gasteiger partial charge in [-0.1, -0.05) is 24.8 Å². The number of fused-ring (bicyclic) bond motifs is 4. The first kappa shape index (κ1) is 25.7. The van der Waals surface area contributed by atoms with E-state index in [-0.39, 0.29) is 48.1 Å². The third-order valence-electron chi connectivity index (χ3n) is 8.80. The molecule has 7 rings (SSSR count). The van der Waals surface area contributed by atoms with Gasteiger partial charge < -0.3 is 19.9 Å². The summed E-state index contributed by atoms with van der Waals surface area (Å²) in [6.45, 7) is 6.03. The maximum atomic E-state index is 13.9. The summed E-state index contributed by atoms with van der Waals surface area (Å²) in [6.07, 6.45) is 2.28. The number of hydrogen-bond acceptors (Lipinski definition) is 10. The molecular weight excluding hydrogens is 526 g/mol. The quantitative estimate of drug-likeness (QED) is 0.323. The summed E-state index contributed by atoms with van der Waals surface area (Å²) in [5.41, 5.74) is 4.69. The Hall–Kier alpha value is -2.25. The number of thioether (sulfide) groups is 1. The van der Waals surface area contributed by atoms with Crippen LogP contribution in [-0.2, 0) is 9.47 Å². The van der Waals surface area contributed by atoms with Crippen molar-refractivity contribution >= 4 is 29.1 Å². The third-order valence-corrected chi connectivity index (χ3v) is 9.86. The van der Waals surface area contributed by atoms with Gasteiger partial charge in [-0.2, -0.15) is 0 Å². The average Bonchev–Trinajstić information content (AvgIpc) is 3.74. The number of aromatic nitrogens is 2. The Morgan fingerprint density at radius 1 is 1.23 bits per heavy atom. The number of aliphatic hydroxyl groups is 1. The van der Waals surface area contributed by atoms with E-state index in [1.54, 1.807) is 17.8 Å². The zero-order valence-corrected chi connectivity index (χ0v) is 23.3. The molecule has 2 aromatic rings. The predicted molar refractivity (Wildman–Crippen MR) is 143 cm³/mol. The third kappa shape index (κ3) is 4.01. The van der Waals surface area contributed by atoms with Crippen molar-refractivity contribution in [3.8, 4) is 0 Å². The van der Waals surface area contributed by atoms with Crippen LogP contribution in [0.1, 0.15) is 51.5 Å². The zero-order chi connectivity index (χ0) is 27.3. The number of hydrazine groups is 2. The monoisotopic (exact) mass is 560 g/mol. The summed E-state index contributed by atoms with van der Waals surface area (Å²) in [6, 6.07) is 4.10. The molecule has 2 aliphatic heterocycles. The molecule has 1 aromatic carbocycles. The summed E-state index contributed by atoms with van der Waals surface area (Å²) in [4.78, 5) is 9.85. The Balaban J connectivity index is 1.21. The van der Waals surface area contributed by atoms with Crippen LogP contribution in [0.25, 0.3) is 0 Å². The van der Waals surface area contributed by atoms with Crippen molar-refractivity contribution in [1.29, 1.82) is 0 Å². The van der Waals surface area contributed by atoms with E-state index in [0.717, 1.165) is 42.1 Å². The molecule has 3 saturated carbocycles. The van der Waals surface area contributed by atoms with Crippen molar-refractivity contribution in [3.63, 3.8) is 0 Å². The maximum Gasteiger partial charge on any atom is 0.191 e. The number of benzene rings is 1. The predicted octanol–water partition coefficient (Wildman–Crippen LogP) is 4.12. The fourth-order valence-corrected chi connectivity index (χ4v) is 7.53. The Labute approximate surface area is 230 Å². The highest BCUT2D eigenvalue weighted by atomic mass is 32.2. The molecule has 9 nitrogen and oxygen atoms in total. The summed E-state index contributed by atoms with van der Waals surface area (Å²) in [7, 11) is 1.95. The van der Waals surface area contributed by atoms with Gasteiger partial charge in [0.15, 0.2) is 34.2 Å². The van der Waals surface area contributed by atoms with Crippen molar-refractivity contribution < 1.29 is 23.4 Å². The number of ether oxygens (including phenoxy) is 2. The van der Waals surface area contributed by atoms with Gasteiger partial charge in [-0.3, -0.25) is 10.4 Å². The lowest BCUT2D eigenvalue weighted by atomic mass is 10.0. The van der Waals surface area contributed by atoms with Crippen molar-refractivity contribution in [2.45, 2.75) is 81.2 Å².